The van der Waals surface area contributed by atoms with Gasteiger partial charge in [0.15, 0.2) is 9.84 Å². The Bertz CT molecular complexity index is 548. The molecule has 0 saturated heterocycles. The third-order valence-electron chi connectivity index (χ3n) is 3.12. The Morgan fingerprint density at radius 3 is 2.37 bits per heavy atom. The highest BCUT2D eigenvalue weighted by molar-refractivity contribution is 7.91. The van der Waals surface area contributed by atoms with E-state index in [0.29, 0.717) is 12.8 Å². The van der Waals surface area contributed by atoms with E-state index in [1.165, 1.54) is 18.2 Å². The second-order valence-corrected chi connectivity index (χ2v) is 6.80. The van der Waals surface area contributed by atoms with E-state index in [-0.39, 0.29) is 5.56 Å². The zero-order valence-electron chi connectivity index (χ0n) is 9.98. The van der Waals surface area contributed by atoms with Crippen molar-refractivity contribution in [2.75, 3.05) is 0 Å². The predicted octanol–water partition coefficient (Wildman–Crippen LogP) is 3.05. The molecule has 19 heavy (non-hydrogen) atoms. The van der Waals surface area contributed by atoms with E-state index < -0.39 is 33.0 Å². The maximum atomic E-state index is 12.2. The molecule has 0 amide bonds. The summed E-state index contributed by atoms with van der Waals surface area (Å²) in [6, 6.07) is 5.34. The normalized spacial score (nSPS) is 17.0. The summed E-state index contributed by atoms with van der Waals surface area (Å²) >= 11 is 0. The highest BCUT2D eigenvalue weighted by Crippen LogP contribution is 2.32. The summed E-state index contributed by atoms with van der Waals surface area (Å²) in [7, 11) is -3.40. The lowest BCUT2D eigenvalue weighted by molar-refractivity contribution is -0.274. The summed E-state index contributed by atoms with van der Waals surface area (Å²) < 4.78 is 64.4. The number of alkyl halides is 3. The van der Waals surface area contributed by atoms with Crippen LogP contribution in [-0.2, 0) is 15.6 Å². The van der Waals surface area contributed by atoms with E-state index in [0.717, 1.165) is 12.5 Å². The van der Waals surface area contributed by atoms with Crippen molar-refractivity contribution in [2.45, 2.75) is 36.6 Å². The van der Waals surface area contributed by atoms with Crippen molar-refractivity contribution in [2.24, 2.45) is 0 Å². The van der Waals surface area contributed by atoms with Crippen LogP contribution in [0.4, 0.5) is 13.2 Å². The molecule has 1 fully saturated rings. The smallest absolute Gasteiger partial charge is 0.405 e. The number of ether oxygens (including phenoxy) is 1. The van der Waals surface area contributed by atoms with Crippen LogP contribution in [0, 0.1) is 0 Å². The summed E-state index contributed by atoms with van der Waals surface area (Å²) in [5, 5.41) is -0.425. The van der Waals surface area contributed by atoms with Gasteiger partial charge in [0.05, 0.1) is 11.0 Å². The molecule has 1 saturated carbocycles. The van der Waals surface area contributed by atoms with Crippen molar-refractivity contribution in [3.63, 3.8) is 0 Å². The second-order valence-electron chi connectivity index (χ2n) is 4.52. The minimum atomic E-state index is -4.82. The van der Waals surface area contributed by atoms with Gasteiger partial charge in [0.25, 0.3) is 0 Å². The van der Waals surface area contributed by atoms with Crippen molar-refractivity contribution in [1.29, 1.82) is 0 Å². The maximum Gasteiger partial charge on any atom is 0.573 e. The summed E-state index contributed by atoms with van der Waals surface area (Å²) in [4.78, 5) is 0. The Kier molecular flexibility index (Phi) is 3.75. The number of benzene rings is 1. The van der Waals surface area contributed by atoms with Gasteiger partial charge in [-0.1, -0.05) is 24.6 Å². The molecule has 1 aliphatic carbocycles. The molecule has 0 spiro atoms. The lowest BCUT2D eigenvalue weighted by Gasteiger charge is -2.25. The Morgan fingerprint density at radius 2 is 1.84 bits per heavy atom. The first kappa shape index (κ1) is 14.2. The zero-order chi connectivity index (χ0) is 14.1. The summed E-state index contributed by atoms with van der Waals surface area (Å²) in [6.07, 6.45) is -2.80. The predicted molar refractivity (Wildman–Crippen MR) is 63.4 cm³/mol. The SMILES string of the molecule is O=S(=O)(Cc1ccccc1OC(F)(F)F)C1CCC1. The number of hydrogen-bond donors (Lipinski definition) is 0. The van der Waals surface area contributed by atoms with Gasteiger partial charge in [-0.2, -0.15) is 0 Å². The number of halogens is 3. The fourth-order valence-corrected chi connectivity index (χ4v) is 3.87. The lowest BCUT2D eigenvalue weighted by Crippen LogP contribution is -2.29. The molecule has 0 aromatic heterocycles. The molecule has 0 atom stereocenters. The van der Waals surface area contributed by atoms with Crippen LogP contribution in [0.25, 0.3) is 0 Å². The number of sulfone groups is 1. The van der Waals surface area contributed by atoms with Crippen molar-refractivity contribution < 1.29 is 26.3 Å². The molecule has 0 unspecified atom stereocenters. The van der Waals surface area contributed by atoms with Crippen LogP contribution in [0.3, 0.4) is 0 Å². The average Bonchev–Trinajstić information content (AvgIpc) is 2.14. The Balaban J connectivity index is 2.20. The molecular weight excluding hydrogens is 281 g/mol. The van der Waals surface area contributed by atoms with Crippen LogP contribution in [0.1, 0.15) is 24.8 Å². The van der Waals surface area contributed by atoms with Crippen LogP contribution in [-0.4, -0.2) is 20.0 Å². The van der Waals surface area contributed by atoms with Gasteiger partial charge >= 0.3 is 6.36 Å². The van der Waals surface area contributed by atoms with Gasteiger partial charge in [0.1, 0.15) is 5.75 Å². The molecular formula is C12H13F3O3S. The van der Waals surface area contributed by atoms with E-state index in [1.54, 1.807) is 0 Å². The quantitative estimate of drug-likeness (QED) is 0.857. The second kappa shape index (κ2) is 5.03. The maximum absolute atomic E-state index is 12.2. The third-order valence-corrected chi connectivity index (χ3v) is 5.32. The lowest BCUT2D eigenvalue weighted by atomic mass is 10.00. The van der Waals surface area contributed by atoms with Gasteiger partial charge in [-0.15, -0.1) is 13.2 Å². The van der Waals surface area contributed by atoms with Crippen LogP contribution in [0.5, 0.6) is 5.75 Å². The summed E-state index contributed by atoms with van der Waals surface area (Å²) in [5.41, 5.74) is 0.0479. The number of para-hydroxylation sites is 1. The van der Waals surface area contributed by atoms with Crippen LogP contribution in [0.15, 0.2) is 24.3 Å². The van der Waals surface area contributed by atoms with E-state index in [9.17, 15) is 21.6 Å². The molecule has 0 bridgehead atoms. The average molecular weight is 294 g/mol. The Hall–Kier alpha value is -1.24. The topological polar surface area (TPSA) is 43.4 Å². The molecule has 0 heterocycles. The molecule has 1 aliphatic rings. The molecule has 7 heteroatoms. The van der Waals surface area contributed by atoms with Gasteiger partial charge in [0, 0.05) is 5.56 Å². The third kappa shape index (κ3) is 3.62. The van der Waals surface area contributed by atoms with Crippen LogP contribution >= 0.6 is 0 Å². The van der Waals surface area contributed by atoms with Crippen LogP contribution < -0.4 is 4.74 Å². The van der Waals surface area contributed by atoms with Gasteiger partial charge < -0.3 is 4.74 Å². The summed E-state index contributed by atoms with van der Waals surface area (Å²) in [6.45, 7) is 0. The Morgan fingerprint density at radius 1 is 1.21 bits per heavy atom. The number of rotatable bonds is 4. The highest BCUT2D eigenvalue weighted by Gasteiger charge is 2.34. The van der Waals surface area contributed by atoms with E-state index in [4.69, 9.17) is 0 Å². The van der Waals surface area contributed by atoms with E-state index in [2.05, 4.69) is 4.74 Å². The van der Waals surface area contributed by atoms with Gasteiger partial charge in [-0.25, -0.2) is 8.42 Å². The van der Waals surface area contributed by atoms with Gasteiger partial charge in [-0.05, 0) is 18.9 Å². The van der Waals surface area contributed by atoms with Crippen LogP contribution in [0.2, 0.25) is 0 Å². The zero-order valence-corrected chi connectivity index (χ0v) is 10.8. The largest absolute Gasteiger partial charge is 0.573 e. The first-order valence-electron chi connectivity index (χ1n) is 5.83. The van der Waals surface area contributed by atoms with Gasteiger partial charge in [0.2, 0.25) is 0 Å². The standard InChI is InChI=1S/C12H13F3O3S/c13-12(14,15)18-11-7-2-1-4-9(11)8-19(16,17)10-5-3-6-10/h1-2,4,7,10H,3,5-6,8H2. The molecule has 1 aromatic carbocycles. The van der Waals surface area contributed by atoms with Crippen molar-refractivity contribution >= 4 is 9.84 Å². The number of hydrogen-bond acceptors (Lipinski definition) is 3. The van der Waals surface area contributed by atoms with E-state index in [1.807, 2.05) is 0 Å². The first-order chi connectivity index (χ1) is 8.78. The fraction of sp³-hybridized carbons (Fsp3) is 0.500. The molecule has 1 aromatic rings. The highest BCUT2D eigenvalue weighted by atomic mass is 32.2. The molecule has 0 N–H and O–H groups in total. The van der Waals surface area contributed by atoms with Crippen molar-refractivity contribution in [3.05, 3.63) is 29.8 Å². The van der Waals surface area contributed by atoms with Crippen molar-refractivity contribution in [1.82, 2.24) is 0 Å². The monoisotopic (exact) mass is 294 g/mol. The molecule has 106 valence electrons. The minimum Gasteiger partial charge on any atom is -0.405 e. The molecule has 3 nitrogen and oxygen atoms in total. The molecule has 0 aliphatic heterocycles. The Labute approximate surface area is 109 Å². The summed E-state index contributed by atoms with van der Waals surface area (Å²) in [5.74, 6) is -0.859. The van der Waals surface area contributed by atoms with Crippen molar-refractivity contribution in [3.8, 4) is 5.75 Å². The molecule has 0 radical (unpaired) electrons. The first-order valence-corrected chi connectivity index (χ1v) is 7.55. The fourth-order valence-electron chi connectivity index (χ4n) is 1.91. The minimum absolute atomic E-state index is 0.0479. The molecule has 2 rings (SSSR count). The van der Waals surface area contributed by atoms with E-state index >= 15 is 0 Å². The van der Waals surface area contributed by atoms with Gasteiger partial charge in [-0.3, -0.25) is 0 Å².